The summed E-state index contributed by atoms with van der Waals surface area (Å²) in [4.78, 5) is 7.33. The molecule has 0 spiro atoms. The van der Waals surface area contributed by atoms with Gasteiger partial charge in [-0.15, -0.1) is 24.0 Å². The van der Waals surface area contributed by atoms with E-state index in [0.717, 1.165) is 89.8 Å². The molecule has 1 aromatic heterocycles. The van der Waals surface area contributed by atoms with Crippen molar-refractivity contribution in [3.05, 3.63) is 24.2 Å². The minimum atomic E-state index is 0. The fourth-order valence-electron chi connectivity index (χ4n) is 4.58. The highest BCUT2D eigenvalue weighted by Crippen LogP contribution is 2.18. The molecule has 4 rings (SSSR count). The molecule has 32 heavy (non-hydrogen) atoms. The Morgan fingerprint density at radius 1 is 1.03 bits per heavy atom. The maximum atomic E-state index is 6.19. The number of hydrogen-bond donors (Lipinski definition) is 1. The zero-order chi connectivity index (χ0) is 21.1. The fraction of sp³-hybridized carbons (Fsp3) is 0.792. The van der Waals surface area contributed by atoms with Crippen molar-refractivity contribution in [2.24, 2.45) is 4.99 Å². The number of hydrogen-bond acceptors (Lipinski definition) is 5. The predicted molar refractivity (Wildman–Crippen MR) is 136 cm³/mol. The number of ether oxygens (including phenoxy) is 3. The third-order valence-corrected chi connectivity index (χ3v) is 6.49. The van der Waals surface area contributed by atoms with Gasteiger partial charge in [0.2, 0.25) is 0 Å². The topological polar surface area (TPSA) is 68.5 Å². The molecule has 2 atom stereocenters. The van der Waals surface area contributed by atoms with Crippen LogP contribution >= 0.6 is 24.0 Å². The van der Waals surface area contributed by atoms with E-state index < -0.39 is 0 Å². The van der Waals surface area contributed by atoms with E-state index in [9.17, 15) is 0 Å². The number of halogens is 1. The summed E-state index contributed by atoms with van der Waals surface area (Å²) in [7, 11) is 0. The molecule has 3 aliphatic rings. The van der Waals surface area contributed by atoms with Crippen molar-refractivity contribution in [1.82, 2.24) is 10.2 Å². The van der Waals surface area contributed by atoms with Crippen LogP contribution in [0.3, 0.4) is 0 Å². The van der Waals surface area contributed by atoms with E-state index >= 15 is 0 Å². The Bertz CT molecular complexity index is 638. The maximum Gasteiger partial charge on any atom is 0.194 e. The highest BCUT2D eigenvalue weighted by atomic mass is 127. The lowest BCUT2D eigenvalue weighted by Crippen LogP contribution is -2.48. The lowest BCUT2D eigenvalue weighted by molar-refractivity contribution is -0.0721. The molecule has 4 heterocycles. The van der Waals surface area contributed by atoms with Gasteiger partial charge in [0, 0.05) is 39.3 Å². The molecule has 0 aromatic carbocycles. The van der Waals surface area contributed by atoms with Gasteiger partial charge in [-0.05, 0) is 63.5 Å². The number of guanidine groups is 1. The molecule has 0 saturated carbocycles. The molecular formula is C24H40IN3O4. The molecule has 0 amide bonds. The first-order chi connectivity index (χ1) is 15.4. The van der Waals surface area contributed by atoms with Crippen LogP contribution in [0.15, 0.2) is 27.8 Å². The van der Waals surface area contributed by atoms with Crippen LogP contribution in [0, 0.1) is 0 Å². The second-order valence-electron chi connectivity index (χ2n) is 8.92. The summed E-state index contributed by atoms with van der Waals surface area (Å²) in [5, 5.41) is 3.57. The highest BCUT2D eigenvalue weighted by Gasteiger charge is 2.24. The molecule has 7 nitrogen and oxygen atoms in total. The van der Waals surface area contributed by atoms with Gasteiger partial charge in [0.25, 0.3) is 0 Å². The van der Waals surface area contributed by atoms with Crippen LogP contribution in [0.4, 0.5) is 0 Å². The Labute approximate surface area is 209 Å². The molecule has 0 radical (unpaired) electrons. The highest BCUT2D eigenvalue weighted by molar-refractivity contribution is 14.0. The molecule has 0 bridgehead atoms. The van der Waals surface area contributed by atoms with E-state index in [1.54, 1.807) is 6.26 Å². The largest absolute Gasteiger partial charge is 0.469 e. The Morgan fingerprint density at radius 2 is 1.78 bits per heavy atom. The second kappa shape index (κ2) is 14.4. The zero-order valence-corrected chi connectivity index (χ0v) is 21.5. The average molecular weight is 562 g/mol. The number of rotatable bonds is 8. The minimum Gasteiger partial charge on any atom is -0.469 e. The number of aliphatic imine (C=N–C) groups is 1. The Morgan fingerprint density at radius 3 is 2.44 bits per heavy atom. The van der Waals surface area contributed by atoms with Gasteiger partial charge in [-0.3, -0.25) is 4.99 Å². The second-order valence-corrected chi connectivity index (χ2v) is 8.92. The average Bonchev–Trinajstić information content (AvgIpc) is 3.35. The summed E-state index contributed by atoms with van der Waals surface area (Å²) in [5.74, 6) is 1.99. The number of nitrogens with one attached hydrogen (secondary N) is 1. The fourth-order valence-corrected chi connectivity index (χ4v) is 4.58. The number of likely N-dealkylation sites (tertiary alicyclic amines) is 1. The minimum absolute atomic E-state index is 0. The number of nitrogens with zero attached hydrogens (tertiary/aromatic N) is 2. The van der Waals surface area contributed by atoms with Gasteiger partial charge in [-0.2, -0.15) is 0 Å². The maximum absolute atomic E-state index is 6.19. The summed E-state index contributed by atoms with van der Waals surface area (Å²) in [6.45, 7) is 5.98. The number of furan rings is 1. The lowest BCUT2D eigenvalue weighted by atomic mass is 10.1. The van der Waals surface area contributed by atoms with Crippen LogP contribution in [-0.4, -0.2) is 75.2 Å². The van der Waals surface area contributed by atoms with Crippen LogP contribution in [0.2, 0.25) is 0 Å². The van der Waals surface area contributed by atoms with E-state index in [1.165, 1.54) is 25.7 Å². The monoisotopic (exact) mass is 561 g/mol. The molecule has 182 valence electrons. The molecule has 2 unspecified atom stereocenters. The van der Waals surface area contributed by atoms with Gasteiger partial charge in [0.15, 0.2) is 5.96 Å². The standard InChI is InChI=1S/C24H39N3O4.HI/c1-3-15-29-22(6-1)18-26-24(25-12-9-20-8-5-17-28-20)27-13-10-21(11-14-27)31-19-23-7-2-4-16-30-23;/h5,8,17,21-23H,1-4,6-7,9-16,18-19H2,(H,25,26);1H. The molecular weight excluding hydrogens is 521 g/mol. The quantitative estimate of drug-likeness (QED) is 0.294. The summed E-state index contributed by atoms with van der Waals surface area (Å²) in [6.07, 6.45) is 12.7. The molecule has 8 heteroatoms. The van der Waals surface area contributed by atoms with Crippen molar-refractivity contribution in [3.8, 4) is 0 Å². The van der Waals surface area contributed by atoms with Crippen molar-refractivity contribution >= 4 is 29.9 Å². The SMILES string of the molecule is I.c1coc(CCNC(=NCC2CCCCO2)N2CCC(OCC3CCCCO3)CC2)c1. The normalized spacial score (nSPS) is 25.4. The van der Waals surface area contributed by atoms with Crippen LogP contribution in [0.1, 0.15) is 57.1 Å². The van der Waals surface area contributed by atoms with Crippen LogP contribution in [0.25, 0.3) is 0 Å². The first-order valence-corrected chi connectivity index (χ1v) is 12.3. The zero-order valence-electron chi connectivity index (χ0n) is 19.2. The Kier molecular flexibility index (Phi) is 11.6. The number of piperidine rings is 1. The summed E-state index contributed by atoms with van der Waals surface area (Å²) >= 11 is 0. The van der Waals surface area contributed by atoms with Gasteiger partial charge in [-0.25, -0.2) is 0 Å². The summed E-state index contributed by atoms with van der Waals surface area (Å²) in [5.41, 5.74) is 0. The smallest absolute Gasteiger partial charge is 0.194 e. The summed E-state index contributed by atoms with van der Waals surface area (Å²) < 4.78 is 23.4. The third kappa shape index (κ3) is 8.50. The van der Waals surface area contributed by atoms with Crippen LogP contribution in [-0.2, 0) is 20.6 Å². The molecule has 1 N–H and O–H groups in total. The molecule has 0 aliphatic carbocycles. The Balaban J connectivity index is 0.00000289. The first kappa shape index (κ1) is 25.8. The van der Waals surface area contributed by atoms with Gasteiger partial charge < -0.3 is 28.8 Å². The van der Waals surface area contributed by atoms with Crippen molar-refractivity contribution in [2.45, 2.75) is 76.1 Å². The van der Waals surface area contributed by atoms with Gasteiger partial charge >= 0.3 is 0 Å². The predicted octanol–water partition coefficient (Wildman–Crippen LogP) is 4.00. The Hall–Kier alpha value is -0.840. The van der Waals surface area contributed by atoms with Crippen LogP contribution in [0.5, 0.6) is 0 Å². The van der Waals surface area contributed by atoms with Crippen LogP contribution < -0.4 is 5.32 Å². The van der Waals surface area contributed by atoms with Gasteiger partial charge in [0.05, 0.1) is 37.7 Å². The summed E-state index contributed by atoms with van der Waals surface area (Å²) in [6, 6.07) is 3.96. The molecule has 1 aromatic rings. The van der Waals surface area contributed by atoms with Crippen molar-refractivity contribution in [2.75, 3.05) is 46.0 Å². The van der Waals surface area contributed by atoms with Gasteiger partial charge in [0.1, 0.15) is 5.76 Å². The van der Waals surface area contributed by atoms with E-state index in [1.807, 2.05) is 12.1 Å². The van der Waals surface area contributed by atoms with E-state index in [2.05, 4.69) is 10.2 Å². The molecule has 3 aliphatic heterocycles. The third-order valence-electron chi connectivity index (χ3n) is 6.49. The van der Waals surface area contributed by atoms with Gasteiger partial charge in [-0.1, -0.05) is 0 Å². The lowest BCUT2D eigenvalue weighted by Gasteiger charge is -2.35. The van der Waals surface area contributed by atoms with E-state index in [-0.39, 0.29) is 30.1 Å². The van der Waals surface area contributed by atoms with E-state index in [4.69, 9.17) is 23.6 Å². The first-order valence-electron chi connectivity index (χ1n) is 12.3. The van der Waals surface area contributed by atoms with Crippen molar-refractivity contribution in [1.29, 1.82) is 0 Å². The van der Waals surface area contributed by atoms with Crippen molar-refractivity contribution < 1.29 is 18.6 Å². The van der Waals surface area contributed by atoms with E-state index in [0.29, 0.717) is 12.2 Å². The molecule has 3 saturated heterocycles. The van der Waals surface area contributed by atoms with Crippen molar-refractivity contribution in [3.63, 3.8) is 0 Å². The molecule has 3 fully saturated rings.